The molecule has 0 aromatic heterocycles. The molecule has 0 N–H and O–H groups in total. The monoisotopic (exact) mass is 276 g/mol. The van der Waals surface area contributed by atoms with Crippen molar-refractivity contribution in [2.45, 2.75) is 18.7 Å². The van der Waals surface area contributed by atoms with Crippen LogP contribution >= 0.6 is 34.8 Å². The summed E-state index contributed by atoms with van der Waals surface area (Å²) in [6.45, 7) is 3.26. The minimum Gasteiger partial charge on any atom is -0.281 e. The van der Waals surface area contributed by atoms with Crippen molar-refractivity contribution in [1.29, 1.82) is 0 Å². The van der Waals surface area contributed by atoms with Crippen LogP contribution in [0.5, 0.6) is 0 Å². The Bertz CT molecular complexity index is 325. The van der Waals surface area contributed by atoms with Gasteiger partial charge in [0, 0.05) is 11.8 Å². The van der Waals surface area contributed by atoms with Gasteiger partial charge in [-0.2, -0.15) is 0 Å². The molecule has 1 rings (SSSR count). The molecule has 15 heavy (non-hydrogen) atoms. The average molecular weight is 278 g/mol. The van der Waals surface area contributed by atoms with Crippen LogP contribution in [-0.4, -0.2) is 10.1 Å². The van der Waals surface area contributed by atoms with Crippen LogP contribution in [0, 0.1) is 17.3 Å². The van der Waals surface area contributed by atoms with Crippen molar-refractivity contribution in [2.24, 2.45) is 17.3 Å². The van der Waals surface area contributed by atoms with Gasteiger partial charge in [0.2, 0.25) is 5.24 Å². The molecular weight excluding hydrogens is 268 g/mol. The largest absolute Gasteiger partial charge is 0.281 e. The van der Waals surface area contributed by atoms with E-state index in [1.807, 2.05) is 0 Å². The second kappa shape index (κ2) is 4.19. The summed E-state index contributed by atoms with van der Waals surface area (Å²) in [5.74, 6) is -3.88. The highest BCUT2D eigenvalue weighted by Crippen LogP contribution is 2.63. The average Bonchev–Trinajstić information content (AvgIpc) is 2.66. The number of hydrogen-bond acceptors (Lipinski definition) is 1. The first-order chi connectivity index (χ1) is 6.71. The zero-order valence-corrected chi connectivity index (χ0v) is 10.3. The third-order valence-electron chi connectivity index (χ3n) is 2.76. The zero-order valence-electron chi connectivity index (χ0n) is 8.03. The van der Waals surface area contributed by atoms with E-state index < -0.39 is 39.0 Å². The van der Waals surface area contributed by atoms with Gasteiger partial charge in [0.05, 0.1) is 0 Å². The molecule has 1 saturated carbocycles. The normalized spacial score (nSPS) is 30.1. The Balaban J connectivity index is 2.94. The molecule has 0 saturated heterocycles. The third-order valence-corrected chi connectivity index (χ3v) is 3.38. The second-order valence-corrected chi connectivity index (χ2v) is 5.55. The molecule has 0 amide bonds. The van der Waals surface area contributed by atoms with Gasteiger partial charge in [-0.05, 0) is 17.0 Å². The fraction of sp³-hybridized carbons (Fsp3) is 0.667. The Morgan fingerprint density at radius 1 is 1.27 bits per heavy atom. The molecule has 2 atom stereocenters. The summed E-state index contributed by atoms with van der Waals surface area (Å²) in [7, 11) is 0. The molecule has 0 spiro atoms. The standard InChI is InChI=1S/C9H9Cl3F2O/c1-9(2)3(4(9)8(12)15)5(13)6(14)7(10)11/h3-4,7H,1-2H3/b6-5+. The van der Waals surface area contributed by atoms with Crippen molar-refractivity contribution in [1.82, 2.24) is 0 Å². The summed E-state index contributed by atoms with van der Waals surface area (Å²) in [4.78, 5) is 9.37. The molecule has 0 radical (unpaired) electrons. The van der Waals surface area contributed by atoms with Gasteiger partial charge < -0.3 is 0 Å². The lowest BCUT2D eigenvalue weighted by Gasteiger charge is -2.02. The summed E-state index contributed by atoms with van der Waals surface area (Å²) in [6.07, 6.45) is 0. The summed E-state index contributed by atoms with van der Waals surface area (Å²) in [6, 6.07) is 0. The minimum absolute atomic E-state index is 0.673. The first-order valence-electron chi connectivity index (χ1n) is 4.23. The van der Waals surface area contributed by atoms with Crippen LogP contribution in [0.1, 0.15) is 13.8 Å². The molecule has 6 heteroatoms. The van der Waals surface area contributed by atoms with Crippen LogP contribution in [0.15, 0.2) is 11.7 Å². The van der Waals surface area contributed by atoms with Crippen molar-refractivity contribution in [3.8, 4) is 0 Å². The first-order valence-corrected chi connectivity index (χ1v) is 5.49. The summed E-state index contributed by atoms with van der Waals surface area (Å²) in [5.41, 5.74) is -0.678. The van der Waals surface area contributed by atoms with Crippen LogP contribution < -0.4 is 0 Å². The molecule has 1 aliphatic rings. The first kappa shape index (κ1) is 13.2. The van der Waals surface area contributed by atoms with Gasteiger partial charge in [0.1, 0.15) is 5.83 Å². The molecule has 0 aromatic carbocycles. The Morgan fingerprint density at radius 2 is 1.73 bits per heavy atom. The number of rotatable bonds is 3. The van der Waals surface area contributed by atoms with E-state index in [4.69, 9.17) is 34.8 Å². The highest BCUT2D eigenvalue weighted by atomic mass is 35.5. The van der Waals surface area contributed by atoms with Crippen LogP contribution in [0.25, 0.3) is 0 Å². The lowest BCUT2D eigenvalue weighted by Crippen LogP contribution is -1.97. The molecule has 86 valence electrons. The Hall–Kier alpha value is 0.140. The van der Waals surface area contributed by atoms with E-state index in [1.165, 1.54) is 0 Å². The lowest BCUT2D eigenvalue weighted by atomic mass is 10.1. The molecule has 2 unspecified atom stereocenters. The zero-order chi connectivity index (χ0) is 12.0. The number of halogens is 5. The molecule has 0 aliphatic heterocycles. The SMILES string of the molecule is CC1(C)C(C(=O)Cl)C1/C(F)=C(\F)C(Cl)Cl. The maximum atomic E-state index is 13.5. The van der Waals surface area contributed by atoms with E-state index >= 15 is 0 Å². The van der Waals surface area contributed by atoms with Gasteiger partial charge in [0.15, 0.2) is 10.7 Å². The van der Waals surface area contributed by atoms with Crippen molar-refractivity contribution < 1.29 is 13.6 Å². The minimum atomic E-state index is -1.55. The predicted molar refractivity (Wildman–Crippen MR) is 56.4 cm³/mol. The number of carbonyl (C=O) groups is 1. The van der Waals surface area contributed by atoms with Crippen molar-refractivity contribution in [3.63, 3.8) is 0 Å². The molecule has 0 aromatic rings. The maximum Gasteiger partial charge on any atom is 0.226 e. The molecular formula is C9H9Cl3F2O. The summed E-state index contributed by atoms with van der Waals surface area (Å²) >= 11 is 15.6. The van der Waals surface area contributed by atoms with Crippen LogP contribution in [0.4, 0.5) is 8.78 Å². The second-order valence-electron chi connectivity index (χ2n) is 4.08. The maximum absolute atomic E-state index is 13.5. The van der Waals surface area contributed by atoms with Gasteiger partial charge in [-0.15, -0.1) is 0 Å². The van der Waals surface area contributed by atoms with E-state index in [9.17, 15) is 13.6 Å². The molecule has 1 nitrogen and oxygen atoms in total. The molecule has 0 heterocycles. The molecule has 1 fully saturated rings. The highest BCUT2D eigenvalue weighted by Gasteiger charge is 2.64. The molecule has 0 bridgehead atoms. The summed E-state index contributed by atoms with van der Waals surface area (Å²) in [5, 5.41) is -0.673. The fourth-order valence-electron chi connectivity index (χ4n) is 1.79. The predicted octanol–water partition coefficient (Wildman–Crippen LogP) is 3.98. The van der Waals surface area contributed by atoms with Gasteiger partial charge in [-0.25, -0.2) is 8.78 Å². The van der Waals surface area contributed by atoms with Crippen molar-refractivity contribution >= 4 is 40.0 Å². The Morgan fingerprint density at radius 3 is 2.00 bits per heavy atom. The number of carbonyl (C=O) groups excluding carboxylic acids is 1. The van der Waals surface area contributed by atoms with Gasteiger partial charge in [0.25, 0.3) is 0 Å². The van der Waals surface area contributed by atoms with Crippen molar-refractivity contribution in [2.75, 3.05) is 0 Å². The number of hydrogen-bond donors (Lipinski definition) is 0. The Labute approximate surface area is 101 Å². The quantitative estimate of drug-likeness (QED) is 0.563. The third kappa shape index (κ3) is 2.29. The van der Waals surface area contributed by atoms with Crippen LogP contribution in [0.3, 0.4) is 0 Å². The van der Waals surface area contributed by atoms with Gasteiger partial charge in [-0.3, -0.25) is 4.79 Å². The summed E-state index contributed by atoms with van der Waals surface area (Å²) < 4.78 is 26.5. The van der Waals surface area contributed by atoms with E-state index in [-0.39, 0.29) is 0 Å². The van der Waals surface area contributed by atoms with Crippen LogP contribution in [0.2, 0.25) is 0 Å². The van der Waals surface area contributed by atoms with Crippen LogP contribution in [-0.2, 0) is 4.79 Å². The number of alkyl halides is 2. The van der Waals surface area contributed by atoms with E-state index in [1.54, 1.807) is 13.8 Å². The smallest absolute Gasteiger partial charge is 0.226 e. The van der Waals surface area contributed by atoms with Gasteiger partial charge >= 0.3 is 0 Å². The highest BCUT2D eigenvalue weighted by molar-refractivity contribution is 6.64. The number of allylic oxidation sites excluding steroid dienone is 2. The Kier molecular flexibility index (Phi) is 3.69. The fourth-order valence-corrected chi connectivity index (χ4v) is 2.40. The van der Waals surface area contributed by atoms with E-state index in [2.05, 4.69) is 0 Å². The van der Waals surface area contributed by atoms with E-state index in [0.717, 1.165) is 0 Å². The van der Waals surface area contributed by atoms with Gasteiger partial charge in [-0.1, -0.05) is 37.0 Å². The molecule has 1 aliphatic carbocycles. The van der Waals surface area contributed by atoms with Crippen molar-refractivity contribution in [3.05, 3.63) is 11.7 Å². The lowest BCUT2D eigenvalue weighted by molar-refractivity contribution is -0.113. The topological polar surface area (TPSA) is 17.1 Å². The van der Waals surface area contributed by atoms with E-state index in [0.29, 0.717) is 0 Å².